The lowest BCUT2D eigenvalue weighted by atomic mass is 9.32. The van der Waals surface area contributed by atoms with Crippen LogP contribution < -0.4 is 16.0 Å². The molecule has 0 radical (unpaired) electrons. The van der Waals surface area contributed by atoms with Crippen LogP contribution in [0.15, 0.2) is 60.6 Å². The van der Waals surface area contributed by atoms with E-state index in [2.05, 4.69) is 60.5 Å². The number of H-pyrrole nitrogens is 1. The molecular weight excluding hydrogens is 779 g/mol. The van der Waals surface area contributed by atoms with Crippen LogP contribution in [0.3, 0.4) is 0 Å². The molecule has 10 unspecified atom stereocenters. The molecule has 5 fully saturated rings. The topological polar surface area (TPSA) is 163 Å². The number of benzene rings is 1. The van der Waals surface area contributed by atoms with Crippen molar-refractivity contribution in [1.82, 2.24) is 25.9 Å². The Morgan fingerprint density at radius 3 is 2.47 bits per heavy atom. The van der Waals surface area contributed by atoms with Crippen molar-refractivity contribution in [2.75, 3.05) is 20.2 Å². The lowest BCUT2D eigenvalue weighted by molar-refractivity contribution is -0.244. The van der Waals surface area contributed by atoms with Crippen LogP contribution in [0.4, 0.5) is 0 Å². The molecule has 0 aliphatic heterocycles. The maximum Gasteiger partial charge on any atom is 0.328 e. The second-order valence-corrected chi connectivity index (χ2v) is 21.5. The minimum atomic E-state index is -0.857. The number of carbonyl (C=O) groups is 4. The molecule has 6 aliphatic rings. The SMILES string of the molecule is COC(=O)C(Cc1cnc[nH]1)NC(=O)C1=CCC(CNC(=O)c2cccc(CCNC(=O)C34CCCC3C3CCC5C6(C)CCC(O)C(C)(C)C6CCC5(C)[C@]3(C)CC4)c2)C=C1. The lowest BCUT2D eigenvalue weighted by Gasteiger charge is -2.72. The molecule has 62 heavy (non-hydrogen) atoms. The van der Waals surface area contributed by atoms with Crippen LogP contribution in [0.2, 0.25) is 0 Å². The Kier molecular flexibility index (Phi) is 12.2. The van der Waals surface area contributed by atoms with Gasteiger partial charge in [0.15, 0.2) is 0 Å². The van der Waals surface area contributed by atoms with Crippen LogP contribution in [-0.2, 0) is 32.0 Å². The van der Waals surface area contributed by atoms with E-state index in [-0.39, 0.29) is 63.2 Å². The monoisotopic (exact) mass is 850 g/mol. The normalized spacial score (nSPS) is 36.1. The molecule has 8 rings (SSSR count). The van der Waals surface area contributed by atoms with Crippen molar-refractivity contribution in [2.45, 2.75) is 137 Å². The number of aliphatic hydroxyl groups excluding tert-OH is 1. The second kappa shape index (κ2) is 17.0. The number of esters is 1. The van der Waals surface area contributed by atoms with E-state index in [9.17, 15) is 24.3 Å². The van der Waals surface area contributed by atoms with E-state index in [1.54, 1.807) is 12.3 Å². The van der Waals surface area contributed by atoms with Gasteiger partial charge in [0.1, 0.15) is 6.04 Å². The number of rotatable bonds is 12. The molecule has 0 spiro atoms. The Labute approximate surface area is 368 Å². The number of carbonyl (C=O) groups excluding carboxylic acids is 4. The van der Waals surface area contributed by atoms with E-state index in [0.717, 1.165) is 50.5 Å². The number of nitrogens with one attached hydrogen (secondary N) is 4. The number of methoxy groups -OCH3 is 1. The summed E-state index contributed by atoms with van der Waals surface area (Å²) in [4.78, 5) is 60.0. The molecule has 11 heteroatoms. The summed E-state index contributed by atoms with van der Waals surface area (Å²) in [5.74, 6) is 1.39. The molecule has 2 aromatic rings. The summed E-state index contributed by atoms with van der Waals surface area (Å²) in [6.07, 6.45) is 22.1. The van der Waals surface area contributed by atoms with Crippen molar-refractivity contribution in [3.05, 3.63) is 77.4 Å². The number of hydrogen-bond donors (Lipinski definition) is 5. The third-order valence-corrected chi connectivity index (χ3v) is 18.4. The number of allylic oxidation sites excluding steroid dienone is 1. The third kappa shape index (κ3) is 7.66. The Morgan fingerprint density at radius 1 is 0.903 bits per heavy atom. The molecule has 5 saturated carbocycles. The lowest BCUT2D eigenvalue weighted by Crippen LogP contribution is -2.67. The van der Waals surface area contributed by atoms with Gasteiger partial charge in [-0.25, -0.2) is 9.78 Å². The fraction of sp³-hybridized carbons (Fsp3) is 0.667. The van der Waals surface area contributed by atoms with Gasteiger partial charge in [-0.2, -0.15) is 0 Å². The number of fused-ring (bicyclic) bond motifs is 7. The van der Waals surface area contributed by atoms with Gasteiger partial charge in [-0.05, 0) is 146 Å². The fourth-order valence-electron chi connectivity index (χ4n) is 14.8. The first-order chi connectivity index (χ1) is 29.6. The third-order valence-electron chi connectivity index (χ3n) is 18.4. The Morgan fingerprint density at radius 2 is 1.73 bits per heavy atom. The maximum atomic E-state index is 14.4. The minimum Gasteiger partial charge on any atom is -0.467 e. The van der Waals surface area contributed by atoms with Crippen LogP contribution in [0.1, 0.15) is 133 Å². The zero-order valence-corrected chi connectivity index (χ0v) is 38.0. The van der Waals surface area contributed by atoms with E-state index >= 15 is 0 Å². The standard InChI is InChI=1S/C51H71N5O6/c1-47(2)40-18-23-50(5)41(48(40,3)22-19-42(47)57)17-16-37-38-11-8-21-51(38,25-24-49(37,50)4)46(61)53-26-20-32-9-7-10-35(27-32)43(58)54-29-33-12-14-34(15-13-33)44(59)56-39(45(60)62-6)28-36-30-52-31-55-36/h7,9-10,12,14-15,27,30-31,33,37-42,57H,8,11,13,16-26,28-29H2,1-6H3,(H,52,55)(H,53,61)(H,54,58)(H,56,59)/t33?,37?,38?,39?,40?,41?,42?,48?,49-,50?,51?/m1/s1. The van der Waals surface area contributed by atoms with Gasteiger partial charge < -0.3 is 30.8 Å². The molecule has 11 nitrogen and oxygen atoms in total. The molecule has 0 saturated heterocycles. The first-order valence-electron chi connectivity index (χ1n) is 23.6. The van der Waals surface area contributed by atoms with E-state index in [4.69, 9.17) is 4.74 Å². The highest BCUT2D eigenvalue weighted by atomic mass is 16.5. The van der Waals surface area contributed by atoms with E-state index in [1.807, 2.05) is 36.4 Å². The molecule has 1 aromatic heterocycles. The average molecular weight is 850 g/mol. The van der Waals surface area contributed by atoms with Crippen molar-refractivity contribution in [3.63, 3.8) is 0 Å². The second-order valence-electron chi connectivity index (χ2n) is 21.5. The highest BCUT2D eigenvalue weighted by Gasteiger charge is 2.70. The number of hydrogen-bond acceptors (Lipinski definition) is 7. The summed E-state index contributed by atoms with van der Waals surface area (Å²) in [6.45, 7) is 13.4. The van der Waals surface area contributed by atoms with Crippen LogP contribution in [-0.4, -0.2) is 71.1 Å². The Bertz CT molecular complexity index is 2080. The number of aromatic amines is 1. The highest BCUT2D eigenvalue weighted by Crippen LogP contribution is 2.76. The molecule has 1 aromatic carbocycles. The Hall–Kier alpha value is -4.25. The van der Waals surface area contributed by atoms with Gasteiger partial charge in [-0.15, -0.1) is 0 Å². The van der Waals surface area contributed by atoms with Crippen LogP contribution >= 0.6 is 0 Å². The minimum absolute atomic E-state index is 0.0160. The molecule has 336 valence electrons. The molecular formula is C51H71N5O6. The number of ether oxygens (including phenoxy) is 1. The van der Waals surface area contributed by atoms with Crippen LogP contribution in [0.25, 0.3) is 0 Å². The number of amides is 3. The van der Waals surface area contributed by atoms with Crippen molar-refractivity contribution in [1.29, 1.82) is 0 Å². The van der Waals surface area contributed by atoms with Gasteiger partial charge >= 0.3 is 5.97 Å². The van der Waals surface area contributed by atoms with E-state index in [1.165, 1.54) is 39.1 Å². The number of aliphatic hydroxyl groups is 1. The van der Waals surface area contributed by atoms with Crippen molar-refractivity contribution < 1.29 is 29.0 Å². The van der Waals surface area contributed by atoms with Gasteiger partial charge in [-0.3, -0.25) is 14.4 Å². The smallest absolute Gasteiger partial charge is 0.328 e. The predicted molar refractivity (Wildman–Crippen MR) is 238 cm³/mol. The maximum absolute atomic E-state index is 14.4. The molecule has 5 N–H and O–H groups in total. The first kappa shape index (κ1) is 44.4. The first-order valence-corrected chi connectivity index (χ1v) is 23.6. The van der Waals surface area contributed by atoms with Crippen molar-refractivity contribution in [2.24, 2.45) is 56.7 Å². The number of nitrogens with zero attached hydrogens (tertiary/aromatic N) is 1. The van der Waals surface area contributed by atoms with Crippen LogP contribution in [0.5, 0.6) is 0 Å². The molecule has 0 bridgehead atoms. The van der Waals surface area contributed by atoms with Gasteiger partial charge in [0.05, 0.1) is 25.0 Å². The largest absolute Gasteiger partial charge is 0.467 e. The average Bonchev–Trinajstić information content (AvgIpc) is 3.95. The summed E-state index contributed by atoms with van der Waals surface area (Å²) < 4.78 is 4.89. The Balaban J connectivity index is 0.828. The molecule has 1 heterocycles. The number of aromatic nitrogens is 2. The summed E-state index contributed by atoms with van der Waals surface area (Å²) in [7, 11) is 1.29. The summed E-state index contributed by atoms with van der Waals surface area (Å²) in [5, 5.41) is 20.3. The highest BCUT2D eigenvalue weighted by molar-refractivity contribution is 5.98. The zero-order valence-electron chi connectivity index (χ0n) is 38.0. The summed E-state index contributed by atoms with van der Waals surface area (Å²) in [6, 6.07) is 6.81. The van der Waals surface area contributed by atoms with Gasteiger partial charge in [-0.1, -0.05) is 71.4 Å². The predicted octanol–water partition coefficient (Wildman–Crippen LogP) is 7.42. The van der Waals surface area contributed by atoms with Gasteiger partial charge in [0.2, 0.25) is 5.91 Å². The molecule has 11 atom stereocenters. The van der Waals surface area contributed by atoms with E-state index in [0.29, 0.717) is 66.4 Å². The quantitative estimate of drug-likeness (QED) is 0.139. The van der Waals surface area contributed by atoms with Crippen molar-refractivity contribution >= 4 is 23.7 Å². The van der Waals surface area contributed by atoms with E-state index < -0.39 is 12.0 Å². The fourth-order valence-corrected chi connectivity index (χ4v) is 14.8. The molecule has 3 amide bonds. The van der Waals surface area contributed by atoms with Crippen molar-refractivity contribution in [3.8, 4) is 0 Å². The summed E-state index contributed by atoms with van der Waals surface area (Å²) in [5.41, 5.74) is 3.13. The molecule has 6 aliphatic carbocycles. The summed E-state index contributed by atoms with van der Waals surface area (Å²) >= 11 is 0. The van der Waals surface area contributed by atoms with Gasteiger partial charge in [0, 0.05) is 42.5 Å². The number of imidazole rings is 1. The van der Waals surface area contributed by atoms with Crippen LogP contribution in [0, 0.1) is 56.7 Å². The van der Waals surface area contributed by atoms with Gasteiger partial charge in [0.25, 0.3) is 11.8 Å². The zero-order chi connectivity index (χ0) is 44.1.